The number of nitrogens with zero attached hydrogens (tertiary/aromatic N) is 2. The molecule has 2 rings (SSSR count). The normalized spacial score (nSPS) is 10.9. The third-order valence-corrected chi connectivity index (χ3v) is 3.44. The first-order valence-electron chi connectivity index (χ1n) is 8.60. The molecular weight excluding hydrogens is 462 g/mol. The highest BCUT2D eigenvalue weighted by atomic mass is 127. The van der Waals surface area contributed by atoms with Crippen LogP contribution in [-0.2, 0) is 11.3 Å². The molecule has 0 spiro atoms. The van der Waals surface area contributed by atoms with Gasteiger partial charge in [-0.1, -0.05) is 6.07 Å². The fraction of sp³-hybridized carbons (Fsp3) is 0.368. The molecule has 0 aliphatic carbocycles. The summed E-state index contributed by atoms with van der Waals surface area (Å²) in [6.45, 7) is 4.56. The van der Waals surface area contributed by atoms with Crippen LogP contribution in [0.5, 0.6) is 11.5 Å². The zero-order valence-corrected chi connectivity index (χ0v) is 17.9. The molecule has 0 saturated heterocycles. The van der Waals surface area contributed by atoms with Gasteiger partial charge < -0.3 is 20.1 Å². The molecular formula is C19H26FIN4O2. The van der Waals surface area contributed by atoms with Crippen LogP contribution in [-0.4, -0.2) is 37.7 Å². The first-order chi connectivity index (χ1) is 12.7. The molecule has 0 fully saturated rings. The predicted octanol–water partition coefficient (Wildman–Crippen LogP) is 3.72. The molecule has 1 heterocycles. The standard InChI is InChI=1S/C19H25FN4O2.HI/c1-3-22-19(23-10-5-11-25-2)24-13-15-7-8-18(17(20)12-15)26-16-6-4-9-21-14-16;/h4,6-9,12,14H,3,5,10-11,13H2,1-2H3,(H2,22,23,24);1H. The third kappa shape index (κ3) is 8.53. The molecule has 0 aliphatic heterocycles. The molecule has 1 aromatic carbocycles. The summed E-state index contributed by atoms with van der Waals surface area (Å²) in [7, 11) is 1.68. The molecule has 0 atom stereocenters. The van der Waals surface area contributed by atoms with Gasteiger partial charge in [-0.3, -0.25) is 4.98 Å². The first-order valence-corrected chi connectivity index (χ1v) is 8.60. The Morgan fingerprint density at radius 1 is 1.26 bits per heavy atom. The minimum absolute atomic E-state index is 0. The third-order valence-electron chi connectivity index (χ3n) is 3.44. The number of benzene rings is 1. The van der Waals surface area contributed by atoms with E-state index in [0.717, 1.165) is 25.1 Å². The largest absolute Gasteiger partial charge is 0.453 e. The Labute approximate surface area is 176 Å². The Morgan fingerprint density at radius 3 is 2.78 bits per heavy atom. The lowest BCUT2D eigenvalue weighted by Crippen LogP contribution is -2.38. The van der Waals surface area contributed by atoms with Gasteiger partial charge in [0.05, 0.1) is 12.7 Å². The Morgan fingerprint density at radius 2 is 2.11 bits per heavy atom. The zero-order chi connectivity index (χ0) is 18.6. The number of hydrogen-bond acceptors (Lipinski definition) is 4. The number of pyridine rings is 1. The Balaban J connectivity index is 0.00000364. The molecule has 1 aromatic heterocycles. The smallest absolute Gasteiger partial charge is 0.191 e. The summed E-state index contributed by atoms with van der Waals surface area (Å²) >= 11 is 0. The van der Waals surface area contributed by atoms with Crippen molar-refractivity contribution in [1.82, 2.24) is 15.6 Å². The number of guanidine groups is 1. The summed E-state index contributed by atoms with van der Waals surface area (Å²) in [6.07, 6.45) is 4.06. The van der Waals surface area contributed by atoms with Crippen molar-refractivity contribution in [2.24, 2.45) is 4.99 Å². The molecule has 8 heteroatoms. The number of halogens is 2. The van der Waals surface area contributed by atoms with Crippen molar-refractivity contribution in [2.75, 3.05) is 26.8 Å². The van der Waals surface area contributed by atoms with E-state index in [1.54, 1.807) is 37.6 Å². The van der Waals surface area contributed by atoms with E-state index in [9.17, 15) is 4.39 Å². The molecule has 2 N–H and O–H groups in total. The van der Waals surface area contributed by atoms with E-state index in [4.69, 9.17) is 9.47 Å². The zero-order valence-electron chi connectivity index (χ0n) is 15.6. The van der Waals surface area contributed by atoms with Crippen LogP contribution in [0.4, 0.5) is 4.39 Å². The molecule has 148 valence electrons. The number of hydrogen-bond donors (Lipinski definition) is 2. The summed E-state index contributed by atoms with van der Waals surface area (Å²) in [4.78, 5) is 8.42. The topological polar surface area (TPSA) is 67.8 Å². The summed E-state index contributed by atoms with van der Waals surface area (Å²) in [5, 5.41) is 6.38. The van der Waals surface area contributed by atoms with Crippen molar-refractivity contribution in [3.8, 4) is 11.5 Å². The number of rotatable bonds is 9. The SMILES string of the molecule is CCNC(=NCc1ccc(Oc2cccnc2)c(F)c1)NCCCOC.I. The van der Waals surface area contributed by atoms with Crippen LogP contribution in [0.1, 0.15) is 18.9 Å². The van der Waals surface area contributed by atoms with Crippen molar-refractivity contribution < 1.29 is 13.9 Å². The van der Waals surface area contributed by atoms with Crippen LogP contribution in [0.25, 0.3) is 0 Å². The van der Waals surface area contributed by atoms with Gasteiger partial charge in [0.25, 0.3) is 0 Å². The second-order valence-corrected chi connectivity index (χ2v) is 5.52. The van der Waals surface area contributed by atoms with E-state index in [-0.39, 0.29) is 29.7 Å². The molecule has 6 nitrogen and oxygen atoms in total. The maximum Gasteiger partial charge on any atom is 0.191 e. The molecule has 0 saturated carbocycles. The second-order valence-electron chi connectivity index (χ2n) is 5.52. The minimum atomic E-state index is -0.431. The summed E-state index contributed by atoms with van der Waals surface area (Å²) in [5.74, 6) is 0.918. The fourth-order valence-electron chi connectivity index (χ4n) is 2.20. The van der Waals surface area contributed by atoms with E-state index in [0.29, 0.717) is 24.9 Å². The van der Waals surface area contributed by atoms with E-state index < -0.39 is 5.82 Å². The lowest BCUT2D eigenvalue weighted by molar-refractivity contribution is 0.195. The first kappa shape index (κ1) is 23.1. The lowest BCUT2D eigenvalue weighted by Gasteiger charge is -2.11. The highest BCUT2D eigenvalue weighted by molar-refractivity contribution is 14.0. The second kappa shape index (κ2) is 13.3. The molecule has 0 amide bonds. The summed E-state index contributed by atoms with van der Waals surface area (Å²) in [6, 6.07) is 8.30. The number of methoxy groups -OCH3 is 1. The van der Waals surface area contributed by atoms with Crippen molar-refractivity contribution in [3.05, 3.63) is 54.1 Å². The maximum atomic E-state index is 14.3. The average Bonchev–Trinajstić information content (AvgIpc) is 2.66. The summed E-state index contributed by atoms with van der Waals surface area (Å²) in [5.41, 5.74) is 0.759. The van der Waals surface area contributed by atoms with E-state index in [1.165, 1.54) is 12.3 Å². The molecule has 0 bridgehead atoms. The van der Waals surface area contributed by atoms with Crippen LogP contribution in [0.3, 0.4) is 0 Å². The van der Waals surface area contributed by atoms with Crippen molar-refractivity contribution in [3.63, 3.8) is 0 Å². The van der Waals surface area contributed by atoms with Crippen molar-refractivity contribution in [1.29, 1.82) is 0 Å². The molecule has 2 aromatic rings. The quantitative estimate of drug-likeness (QED) is 0.244. The van der Waals surface area contributed by atoms with Gasteiger partial charge in [0.15, 0.2) is 17.5 Å². The monoisotopic (exact) mass is 488 g/mol. The van der Waals surface area contributed by atoms with Gasteiger partial charge in [-0.15, -0.1) is 24.0 Å². The van der Waals surface area contributed by atoms with Crippen LogP contribution in [0, 0.1) is 5.82 Å². The highest BCUT2D eigenvalue weighted by Gasteiger charge is 2.06. The van der Waals surface area contributed by atoms with Gasteiger partial charge in [-0.05, 0) is 43.2 Å². The van der Waals surface area contributed by atoms with Crippen LogP contribution in [0.15, 0.2) is 47.7 Å². The van der Waals surface area contributed by atoms with Crippen molar-refractivity contribution in [2.45, 2.75) is 19.9 Å². The number of ether oxygens (including phenoxy) is 2. The van der Waals surface area contributed by atoms with Gasteiger partial charge in [-0.2, -0.15) is 0 Å². The van der Waals surface area contributed by atoms with Gasteiger partial charge in [-0.25, -0.2) is 9.38 Å². The number of aliphatic imine (C=N–C) groups is 1. The highest BCUT2D eigenvalue weighted by Crippen LogP contribution is 2.24. The van der Waals surface area contributed by atoms with Gasteiger partial charge >= 0.3 is 0 Å². The summed E-state index contributed by atoms with van der Waals surface area (Å²) < 4.78 is 24.8. The average molecular weight is 488 g/mol. The van der Waals surface area contributed by atoms with E-state index in [2.05, 4.69) is 20.6 Å². The van der Waals surface area contributed by atoms with Crippen LogP contribution < -0.4 is 15.4 Å². The molecule has 0 radical (unpaired) electrons. The maximum absolute atomic E-state index is 14.3. The Kier molecular flexibility index (Phi) is 11.3. The fourth-order valence-corrected chi connectivity index (χ4v) is 2.20. The van der Waals surface area contributed by atoms with E-state index in [1.807, 2.05) is 6.92 Å². The Hall–Kier alpha value is -1.94. The van der Waals surface area contributed by atoms with Crippen LogP contribution in [0.2, 0.25) is 0 Å². The molecule has 0 unspecified atom stereocenters. The van der Waals surface area contributed by atoms with Crippen molar-refractivity contribution >= 4 is 29.9 Å². The Bertz CT molecular complexity index is 701. The van der Waals surface area contributed by atoms with Crippen LogP contribution >= 0.6 is 24.0 Å². The lowest BCUT2D eigenvalue weighted by atomic mass is 10.2. The van der Waals surface area contributed by atoms with Gasteiger partial charge in [0.2, 0.25) is 0 Å². The van der Waals surface area contributed by atoms with Gasteiger partial charge in [0, 0.05) is 33.0 Å². The predicted molar refractivity (Wildman–Crippen MR) is 115 cm³/mol. The minimum Gasteiger partial charge on any atom is -0.453 e. The van der Waals surface area contributed by atoms with Gasteiger partial charge in [0.1, 0.15) is 5.75 Å². The number of nitrogens with one attached hydrogen (secondary N) is 2. The van der Waals surface area contributed by atoms with E-state index >= 15 is 0 Å². The number of aromatic nitrogens is 1. The molecule has 0 aliphatic rings. The molecule has 27 heavy (non-hydrogen) atoms.